The molecule has 0 bridgehead atoms. The van der Waals surface area contributed by atoms with Gasteiger partial charge in [0, 0.05) is 30.1 Å². The summed E-state index contributed by atoms with van der Waals surface area (Å²) in [5.41, 5.74) is 5.75. The van der Waals surface area contributed by atoms with Crippen LogP contribution in [0.25, 0.3) is 16.8 Å². The van der Waals surface area contributed by atoms with Gasteiger partial charge in [-0.15, -0.1) is 0 Å². The van der Waals surface area contributed by atoms with Crippen LogP contribution in [-0.2, 0) is 17.9 Å². The Labute approximate surface area is 190 Å². The molecule has 0 aliphatic rings. The summed E-state index contributed by atoms with van der Waals surface area (Å²) in [6.45, 7) is 8.66. The van der Waals surface area contributed by atoms with Gasteiger partial charge in [-0.3, -0.25) is 29.9 Å². The van der Waals surface area contributed by atoms with Crippen LogP contribution < -0.4 is 16.4 Å². The van der Waals surface area contributed by atoms with E-state index in [1.54, 1.807) is 41.9 Å². The van der Waals surface area contributed by atoms with E-state index in [0.717, 1.165) is 0 Å². The first-order valence-corrected chi connectivity index (χ1v) is 10.6. The largest absolute Gasteiger partial charge is 0.290 e. The van der Waals surface area contributed by atoms with Gasteiger partial charge < -0.3 is 0 Å². The van der Waals surface area contributed by atoms with Crippen LogP contribution in [0.1, 0.15) is 42.5 Å². The maximum absolute atomic E-state index is 12.7. The lowest BCUT2D eigenvalue weighted by atomic mass is 10.1. The van der Waals surface area contributed by atoms with E-state index in [4.69, 9.17) is 11.6 Å². The molecule has 0 atom stereocenters. The van der Waals surface area contributed by atoms with E-state index >= 15 is 0 Å². The molecule has 0 radical (unpaired) electrons. The van der Waals surface area contributed by atoms with Crippen LogP contribution in [-0.4, -0.2) is 31.4 Å². The van der Waals surface area contributed by atoms with Gasteiger partial charge in [-0.1, -0.05) is 43.6 Å². The van der Waals surface area contributed by atoms with Crippen molar-refractivity contribution in [2.24, 2.45) is 5.92 Å². The molecule has 0 aliphatic carbocycles. The predicted octanol–water partition coefficient (Wildman–Crippen LogP) is 2.71. The van der Waals surface area contributed by atoms with Gasteiger partial charge in [-0.25, -0.2) is 4.68 Å². The number of aryl methyl sites for hydroxylation is 2. The van der Waals surface area contributed by atoms with Crippen molar-refractivity contribution in [3.05, 3.63) is 62.8 Å². The molecular weight excluding hydrogens is 432 g/mol. The summed E-state index contributed by atoms with van der Waals surface area (Å²) < 4.78 is 2.90. The molecule has 2 amide bonds. The Morgan fingerprint density at radius 3 is 2.47 bits per heavy atom. The SMILES string of the molecule is CCn1nc(C(=O)NNC(=O)/C=C/c2c(C)nn(CC(C)C)c2Cl)c2ccccc2c1=O. The van der Waals surface area contributed by atoms with Gasteiger partial charge in [-0.2, -0.15) is 10.2 Å². The van der Waals surface area contributed by atoms with Crippen LogP contribution >= 0.6 is 11.6 Å². The van der Waals surface area contributed by atoms with Crippen molar-refractivity contribution in [3.63, 3.8) is 0 Å². The maximum Gasteiger partial charge on any atom is 0.290 e. The fraction of sp³-hybridized carbons (Fsp3) is 0.318. The molecule has 1 aromatic carbocycles. The highest BCUT2D eigenvalue weighted by atomic mass is 35.5. The summed E-state index contributed by atoms with van der Waals surface area (Å²) in [5, 5.41) is 9.76. The van der Waals surface area contributed by atoms with E-state index in [-0.39, 0.29) is 11.3 Å². The van der Waals surface area contributed by atoms with Gasteiger partial charge in [0.05, 0.1) is 11.1 Å². The molecule has 0 fully saturated rings. The van der Waals surface area contributed by atoms with Crippen molar-refractivity contribution in [1.82, 2.24) is 30.4 Å². The van der Waals surface area contributed by atoms with Crippen LogP contribution in [0.5, 0.6) is 0 Å². The molecular formula is C22H25ClN6O3. The number of amides is 2. The summed E-state index contributed by atoms with van der Waals surface area (Å²) in [5.74, 6) is -0.823. The lowest BCUT2D eigenvalue weighted by Crippen LogP contribution is -2.42. The first-order chi connectivity index (χ1) is 15.2. The third kappa shape index (κ3) is 4.88. The lowest BCUT2D eigenvalue weighted by Gasteiger charge is -2.10. The Balaban J connectivity index is 1.74. The van der Waals surface area contributed by atoms with Gasteiger partial charge in [0.15, 0.2) is 5.69 Å². The minimum atomic E-state index is -0.635. The van der Waals surface area contributed by atoms with Crippen LogP contribution in [0.2, 0.25) is 5.15 Å². The van der Waals surface area contributed by atoms with Gasteiger partial charge in [0.2, 0.25) is 0 Å². The highest BCUT2D eigenvalue weighted by molar-refractivity contribution is 6.31. The van der Waals surface area contributed by atoms with Crippen LogP contribution in [0.3, 0.4) is 0 Å². The number of hydrogen-bond acceptors (Lipinski definition) is 5. The van der Waals surface area contributed by atoms with E-state index in [1.807, 2.05) is 6.92 Å². The molecule has 168 valence electrons. The standard InChI is InChI=1S/C22H25ClN6O3/c1-5-28-22(32)17-9-7-6-8-16(17)19(27-28)21(31)25-24-18(30)11-10-15-14(4)26-29(20(15)23)12-13(2)3/h6-11,13H,5,12H2,1-4H3,(H,24,30)(H,25,31)/b11-10+. The highest BCUT2D eigenvalue weighted by Gasteiger charge is 2.17. The lowest BCUT2D eigenvalue weighted by molar-refractivity contribution is -0.117. The number of hydrazine groups is 1. The number of hydrogen-bond donors (Lipinski definition) is 2. The monoisotopic (exact) mass is 456 g/mol. The number of nitrogens with one attached hydrogen (secondary N) is 2. The van der Waals surface area contributed by atoms with E-state index in [9.17, 15) is 14.4 Å². The van der Waals surface area contributed by atoms with Gasteiger partial charge in [0.1, 0.15) is 5.15 Å². The second kappa shape index (κ2) is 9.78. The molecule has 0 spiro atoms. The molecule has 3 rings (SSSR count). The van der Waals surface area contributed by atoms with E-state index in [1.165, 1.54) is 10.8 Å². The number of nitrogens with zero attached hydrogens (tertiary/aromatic N) is 4. The van der Waals surface area contributed by atoms with Crippen molar-refractivity contribution in [2.45, 2.75) is 40.8 Å². The zero-order valence-electron chi connectivity index (χ0n) is 18.3. The normalized spacial score (nSPS) is 11.4. The number of rotatable bonds is 6. The summed E-state index contributed by atoms with van der Waals surface area (Å²) >= 11 is 6.37. The molecule has 0 unspecified atom stereocenters. The Hall–Kier alpha value is -3.46. The maximum atomic E-state index is 12.7. The minimum Gasteiger partial charge on any atom is -0.268 e. The van der Waals surface area contributed by atoms with Gasteiger partial charge >= 0.3 is 0 Å². The van der Waals surface area contributed by atoms with Crippen LogP contribution in [0.4, 0.5) is 0 Å². The number of carbonyl (C=O) groups excluding carboxylic acids is 2. The van der Waals surface area contributed by atoms with Crippen molar-refractivity contribution in [1.29, 1.82) is 0 Å². The first kappa shape index (κ1) is 23.2. The fourth-order valence-electron chi connectivity index (χ4n) is 3.22. The topological polar surface area (TPSA) is 111 Å². The van der Waals surface area contributed by atoms with E-state index < -0.39 is 11.8 Å². The van der Waals surface area contributed by atoms with Gasteiger partial charge in [0.25, 0.3) is 17.4 Å². The van der Waals surface area contributed by atoms with E-state index in [0.29, 0.717) is 46.2 Å². The fourth-order valence-corrected chi connectivity index (χ4v) is 3.53. The zero-order valence-corrected chi connectivity index (χ0v) is 19.1. The Morgan fingerprint density at radius 2 is 1.81 bits per heavy atom. The van der Waals surface area contributed by atoms with Crippen molar-refractivity contribution >= 4 is 40.3 Å². The van der Waals surface area contributed by atoms with Crippen LogP contribution in [0.15, 0.2) is 35.1 Å². The zero-order chi connectivity index (χ0) is 23.4. The quantitative estimate of drug-likeness (QED) is 0.437. The number of carbonyl (C=O) groups is 2. The summed E-state index contributed by atoms with van der Waals surface area (Å²) in [6.07, 6.45) is 2.81. The van der Waals surface area contributed by atoms with Crippen LogP contribution in [0, 0.1) is 12.8 Å². The molecule has 2 aromatic heterocycles. The number of aromatic nitrogens is 4. The highest BCUT2D eigenvalue weighted by Crippen LogP contribution is 2.22. The van der Waals surface area contributed by atoms with Crippen molar-refractivity contribution in [3.8, 4) is 0 Å². The summed E-state index contributed by atoms with van der Waals surface area (Å²) in [4.78, 5) is 37.3. The summed E-state index contributed by atoms with van der Waals surface area (Å²) in [6, 6.07) is 6.70. The molecule has 32 heavy (non-hydrogen) atoms. The molecule has 2 heterocycles. The second-order valence-corrected chi connectivity index (χ2v) is 8.02. The third-order valence-corrected chi connectivity index (χ3v) is 5.13. The molecule has 0 saturated carbocycles. The average Bonchev–Trinajstić information content (AvgIpc) is 3.02. The van der Waals surface area contributed by atoms with Gasteiger partial charge in [-0.05, 0) is 31.9 Å². The summed E-state index contributed by atoms with van der Waals surface area (Å²) in [7, 11) is 0. The molecule has 10 heteroatoms. The number of halogens is 1. The predicted molar refractivity (Wildman–Crippen MR) is 123 cm³/mol. The Kier molecular flexibility index (Phi) is 7.09. The second-order valence-electron chi connectivity index (χ2n) is 7.66. The molecule has 2 N–H and O–H groups in total. The first-order valence-electron chi connectivity index (χ1n) is 10.2. The average molecular weight is 457 g/mol. The Morgan fingerprint density at radius 1 is 1.12 bits per heavy atom. The molecule has 0 aliphatic heterocycles. The smallest absolute Gasteiger partial charge is 0.268 e. The molecule has 9 nitrogen and oxygen atoms in total. The third-order valence-electron chi connectivity index (χ3n) is 4.73. The Bertz CT molecular complexity index is 1260. The minimum absolute atomic E-state index is 0.0418. The van der Waals surface area contributed by atoms with Crippen molar-refractivity contribution in [2.75, 3.05) is 0 Å². The number of benzene rings is 1. The van der Waals surface area contributed by atoms with E-state index in [2.05, 4.69) is 34.9 Å². The molecule has 3 aromatic rings. The van der Waals surface area contributed by atoms with Crippen molar-refractivity contribution < 1.29 is 9.59 Å². The molecule has 0 saturated heterocycles. The number of fused-ring (bicyclic) bond motifs is 1.